The average molecular weight is 863 g/mol. The number of H-pyrrole nitrogens is 2. The predicted octanol–water partition coefficient (Wildman–Crippen LogP) is 5.99. The largest absolute Gasteiger partial charge is 0.453 e. The highest BCUT2D eigenvalue weighted by Gasteiger charge is 2.53. The van der Waals surface area contributed by atoms with Crippen LogP contribution in [0.4, 0.5) is 9.59 Å². The molecule has 4 atom stereocenters. The van der Waals surface area contributed by atoms with E-state index in [-0.39, 0.29) is 36.2 Å². The number of fused-ring (bicyclic) bond motifs is 3. The molecule has 6 heterocycles. The molecule has 4 saturated heterocycles. The molecule has 17 nitrogen and oxygen atoms in total. The fourth-order valence-electron chi connectivity index (χ4n) is 9.66. The number of nitrogens with one attached hydrogen (secondary N) is 4. The van der Waals surface area contributed by atoms with E-state index in [1.165, 1.54) is 14.2 Å². The summed E-state index contributed by atoms with van der Waals surface area (Å²) in [5, 5.41) is 7.50. The molecule has 2 aromatic heterocycles. The number of hydrogen-bond acceptors (Lipinski definition) is 11. The molecule has 3 aromatic carbocycles. The molecule has 4 aliphatic heterocycles. The fourth-order valence-corrected chi connectivity index (χ4v) is 9.66. The summed E-state index contributed by atoms with van der Waals surface area (Å²) in [7, 11) is 2.58. The van der Waals surface area contributed by atoms with Crippen LogP contribution in [0.5, 0.6) is 0 Å². The van der Waals surface area contributed by atoms with E-state index in [9.17, 15) is 19.2 Å². The van der Waals surface area contributed by atoms with Gasteiger partial charge in [-0.05, 0) is 71.7 Å². The van der Waals surface area contributed by atoms with E-state index in [2.05, 4.69) is 69.1 Å². The minimum atomic E-state index is -0.961. The molecule has 5 aromatic rings. The van der Waals surface area contributed by atoms with Crippen LogP contribution >= 0.6 is 0 Å². The third-order valence-electron chi connectivity index (χ3n) is 13.0. The zero-order valence-electron chi connectivity index (χ0n) is 36.0. The monoisotopic (exact) mass is 862 g/mol. The van der Waals surface area contributed by atoms with Crippen molar-refractivity contribution < 1.29 is 42.9 Å². The van der Waals surface area contributed by atoms with Gasteiger partial charge in [0.05, 0.1) is 69.0 Å². The van der Waals surface area contributed by atoms with Gasteiger partial charge in [-0.15, -0.1) is 0 Å². The second-order valence-corrected chi connectivity index (χ2v) is 17.2. The average Bonchev–Trinajstić information content (AvgIpc) is 4.17. The maximum atomic E-state index is 14.5. The number of carbonyl (C=O) groups excluding carboxylic acids is 4. The lowest BCUT2D eigenvalue weighted by Gasteiger charge is -2.34. The number of hydrogen-bond donors (Lipinski definition) is 4. The number of alkyl carbamates (subject to hydrolysis) is 2. The van der Waals surface area contributed by atoms with Gasteiger partial charge in [-0.3, -0.25) is 9.59 Å². The molecule has 4 amide bonds. The smallest absolute Gasteiger partial charge is 0.407 e. The van der Waals surface area contributed by atoms with E-state index >= 15 is 0 Å². The van der Waals surface area contributed by atoms with E-state index in [1.54, 1.807) is 16.0 Å². The maximum Gasteiger partial charge on any atom is 0.407 e. The van der Waals surface area contributed by atoms with Gasteiger partial charge in [0, 0.05) is 31.6 Å². The van der Waals surface area contributed by atoms with Crippen molar-refractivity contribution >= 4 is 45.8 Å². The fraction of sp³-hybridized carbons (Fsp3) is 0.478. The lowest BCUT2D eigenvalue weighted by Crippen LogP contribution is -2.54. The SMILES string of the molecule is COC(=O)NC(C(=O)N1CCCC1c1ncc(-c2ccc(-c3ccc4c(ccc5[nH]c(C6CC7(CN6C(=O)C(NC(=O)OC)C6CCOCC6)OCCO7)nc54)c3)cc2)[nH]1)C(C)C. The number of amides is 4. The van der Waals surface area contributed by atoms with Gasteiger partial charge >= 0.3 is 12.2 Å². The number of aromatic nitrogens is 4. The predicted molar refractivity (Wildman–Crippen MR) is 231 cm³/mol. The number of likely N-dealkylation sites (tertiary alicyclic amines) is 2. The quantitative estimate of drug-likeness (QED) is 0.129. The molecule has 4 aliphatic rings. The van der Waals surface area contributed by atoms with Crippen molar-refractivity contribution in [2.45, 2.75) is 75.9 Å². The van der Waals surface area contributed by atoms with Crippen molar-refractivity contribution in [3.63, 3.8) is 0 Å². The number of carbonyl (C=O) groups is 4. The van der Waals surface area contributed by atoms with Gasteiger partial charge in [0.2, 0.25) is 11.8 Å². The third-order valence-corrected chi connectivity index (χ3v) is 13.0. The second-order valence-electron chi connectivity index (χ2n) is 17.2. The summed E-state index contributed by atoms with van der Waals surface area (Å²) in [5.74, 6) is -0.248. The summed E-state index contributed by atoms with van der Waals surface area (Å²) in [6.45, 7) is 6.47. The topological polar surface area (TPSA) is 202 Å². The molecule has 17 heteroatoms. The molecular formula is C46H54N8O9. The van der Waals surface area contributed by atoms with Crippen molar-refractivity contribution in [3.8, 4) is 22.4 Å². The molecule has 9 rings (SSSR count). The number of imidazole rings is 2. The normalized spacial score (nSPS) is 21.0. The van der Waals surface area contributed by atoms with Crippen molar-refractivity contribution in [1.82, 2.24) is 40.4 Å². The van der Waals surface area contributed by atoms with Crippen LogP contribution in [0.25, 0.3) is 44.2 Å². The van der Waals surface area contributed by atoms with E-state index in [0.29, 0.717) is 63.9 Å². The van der Waals surface area contributed by atoms with Crippen LogP contribution < -0.4 is 10.6 Å². The number of aromatic amines is 2. The van der Waals surface area contributed by atoms with Gasteiger partial charge < -0.3 is 54.1 Å². The summed E-state index contributed by atoms with van der Waals surface area (Å²) in [6, 6.07) is 16.4. The van der Waals surface area contributed by atoms with Crippen molar-refractivity contribution in [3.05, 3.63) is 72.4 Å². The van der Waals surface area contributed by atoms with Gasteiger partial charge in [0.1, 0.15) is 23.7 Å². The minimum Gasteiger partial charge on any atom is -0.453 e. The van der Waals surface area contributed by atoms with Crippen LogP contribution in [0.2, 0.25) is 0 Å². The molecule has 1 spiro atoms. The van der Waals surface area contributed by atoms with Crippen LogP contribution in [0.15, 0.2) is 60.8 Å². The Morgan fingerprint density at radius 2 is 1.51 bits per heavy atom. The molecule has 63 heavy (non-hydrogen) atoms. The van der Waals surface area contributed by atoms with Crippen molar-refractivity contribution in [2.24, 2.45) is 11.8 Å². The maximum absolute atomic E-state index is 14.5. The molecule has 0 saturated carbocycles. The second kappa shape index (κ2) is 17.6. The van der Waals surface area contributed by atoms with Crippen molar-refractivity contribution in [1.29, 1.82) is 0 Å². The zero-order chi connectivity index (χ0) is 43.8. The summed E-state index contributed by atoms with van der Waals surface area (Å²) < 4.78 is 27.5. The Morgan fingerprint density at radius 3 is 2.24 bits per heavy atom. The van der Waals surface area contributed by atoms with E-state index in [0.717, 1.165) is 57.0 Å². The van der Waals surface area contributed by atoms with E-state index in [1.807, 2.05) is 19.9 Å². The third kappa shape index (κ3) is 8.32. The van der Waals surface area contributed by atoms with Crippen LogP contribution in [-0.2, 0) is 33.3 Å². The molecule has 0 radical (unpaired) electrons. The molecule has 4 N–H and O–H groups in total. The van der Waals surface area contributed by atoms with Gasteiger partial charge in [-0.2, -0.15) is 0 Å². The number of rotatable bonds is 10. The van der Waals surface area contributed by atoms with E-state index in [4.69, 9.17) is 33.7 Å². The first-order chi connectivity index (χ1) is 30.5. The molecule has 4 unspecified atom stereocenters. The molecule has 4 fully saturated rings. The standard InChI is InChI=1S/C46H54N8O9/c1-26(2)37(51-44(57)59-3)42(55)53-17-5-6-35(53)40-47-24-34(49-40)28-9-7-27(8-10-28)30-11-13-32-31(22-30)12-14-33-39(32)50-41(48-33)36-23-46(62-20-21-63-46)25-54(36)43(56)38(52-45(58)60-4)29-15-18-61-19-16-29/h7-14,22,24,26,29,35-38H,5-6,15-21,23,25H2,1-4H3,(H,47,49)(H,48,50)(H,51,57)(H,52,58). The Morgan fingerprint density at radius 1 is 0.794 bits per heavy atom. The van der Waals surface area contributed by atoms with Gasteiger partial charge in [-0.1, -0.05) is 56.3 Å². The Kier molecular flexibility index (Phi) is 11.8. The number of methoxy groups -OCH3 is 2. The van der Waals surface area contributed by atoms with Crippen LogP contribution in [0.3, 0.4) is 0 Å². The number of ether oxygens (including phenoxy) is 5. The molecular weight excluding hydrogens is 809 g/mol. The molecule has 332 valence electrons. The Hall–Kier alpha value is -6.04. The zero-order valence-corrected chi connectivity index (χ0v) is 36.0. The van der Waals surface area contributed by atoms with Crippen LogP contribution in [0, 0.1) is 11.8 Å². The summed E-state index contributed by atoms with van der Waals surface area (Å²) in [4.78, 5) is 73.0. The Bertz CT molecular complexity index is 2490. The first kappa shape index (κ1) is 42.3. The van der Waals surface area contributed by atoms with Crippen LogP contribution in [0.1, 0.15) is 69.7 Å². The summed E-state index contributed by atoms with van der Waals surface area (Å²) in [6.07, 6.45) is 3.77. The summed E-state index contributed by atoms with van der Waals surface area (Å²) in [5.41, 5.74) is 5.51. The van der Waals surface area contributed by atoms with Gasteiger partial charge in [0.15, 0.2) is 5.79 Å². The van der Waals surface area contributed by atoms with Crippen molar-refractivity contribution in [2.75, 3.05) is 53.7 Å². The van der Waals surface area contributed by atoms with E-state index < -0.39 is 36.1 Å². The molecule has 0 aliphatic carbocycles. The summed E-state index contributed by atoms with van der Waals surface area (Å²) >= 11 is 0. The number of benzene rings is 3. The highest BCUT2D eigenvalue weighted by Crippen LogP contribution is 2.44. The lowest BCUT2D eigenvalue weighted by atomic mass is 9.90. The van der Waals surface area contributed by atoms with Crippen LogP contribution in [-0.4, -0.2) is 125 Å². The Labute approximate surface area is 364 Å². The highest BCUT2D eigenvalue weighted by molar-refractivity contribution is 6.05. The highest BCUT2D eigenvalue weighted by atomic mass is 16.7. The number of nitrogens with zero attached hydrogens (tertiary/aromatic N) is 4. The van der Waals surface area contributed by atoms with Gasteiger partial charge in [-0.25, -0.2) is 19.6 Å². The first-order valence-electron chi connectivity index (χ1n) is 21.8. The van der Waals surface area contributed by atoms with Gasteiger partial charge in [0.25, 0.3) is 0 Å². The minimum absolute atomic E-state index is 0.117. The lowest BCUT2D eigenvalue weighted by molar-refractivity contribution is -0.154. The first-order valence-corrected chi connectivity index (χ1v) is 21.8. The molecule has 0 bridgehead atoms. The Balaban J connectivity index is 0.938.